The number of ether oxygens (including phenoxy) is 2. The van der Waals surface area contributed by atoms with Crippen LogP contribution in [0.4, 0.5) is 4.39 Å². The highest BCUT2D eigenvalue weighted by Crippen LogP contribution is 2.29. The van der Waals surface area contributed by atoms with Crippen LogP contribution in [0.3, 0.4) is 0 Å². The van der Waals surface area contributed by atoms with Crippen LogP contribution in [0.15, 0.2) is 60.6 Å². The molecule has 1 heterocycles. The number of amides is 1. The second-order valence-electron chi connectivity index (χ2n) is 9.47. The summed E-state index contributed by atoms with van der Waals surface area (Å²) in [6, 6.07) is 9.55. The molecule has 0 N–H and O–H groups in total. The van der Waals surface area contributed by atoms with Crippen molar-refractivity contribution in [1.82, 2.24) is 14.9 Å². The third kappa shape index (κ3) is 8.45. The van der Waals surface area contributed by atoms with Crippen LogP contribution in [0.25, 0.3) is 0 Å². The maximum absolute atomic E-state index is 15.2. The van der Waals surface area contributed by atoms with Gasteiger partial charge in [0.15, 0.2) is 6.17 Å². The summed E-state index contributed by atoms with van der Waals surface area (Å²) in [5.74, 6) is -0.534. The van der Waals surface area contributed by atoms with Crippen LogP contribution in [0.1, 0.15) is 43.1 Å². The fraction of sp³-hybridized carbons (Fsp3) is 0.444. The normalized spacial score (nSPS) is 18.4. The third-order valence-corrected chi connectivity index (χ3v) is 8.33. The molecule has 1 amide bonds. The molecule has 37 heavy (non-hydrogen) atoms. The Morgan fingerprint density at radius 3 is 2.51 bits per heavy atom. The molecular formula is C27H32Cl2FN3O3Si. The highest BCUT2D eigenvalue weighted by atomic mass is 35.5. The van der Waals surface area contributed by atoms with Crippen LogP contribution in [0, 0.1) is 0 Å². The van der Waals surface area contributed by atoms with Gasteiger partial charge in [0.2, 0.25) is 0 Å². The molecule has 0 saturated heterocycles. The first-order chi connectivity index (χ1) is 17.6. The number of nitrogens with zero attached hydrogens (tertiary/aromatic N) is 3. The Hall–Kier alpha value is -2.10. The van der Waals surface area contributed by atoms with Crippen molar-refractivity contribution in [1.29, 1.82) is 0 Å². The largest absolute Gasteiger partial charge is 0.377 e. The number of benzene rings is 1. The van der Waals surface area contributed by atoms with Crippen LogP contribution in [-0.4, -0.2) is 61.8 Å². The van der Waals surface area contributed by atoms with Gasteiger partial charge in [-0.05, 0) is 36.1 Å². The van der Waals surface area contributed by atoms with Crippen molar-refractivity contribution in [3.05, 3.63) is 82.0 Å². The summed E-state index contributed by atoms with van der Waals surface area (Å²) in [5.41, 5.74) is 1.26. The van der Waals surface area contributed by atoms with Gasteiger partial charge in [-0.15, -0.1) is 0 Å². The molecule has 0 fully saturated rings. The summed E-state index contributed by atoms with van der Waals surface area (Å²) in [7, 11) is 0.787. The topological polar surface area (TPSA) is 64.5 Å². The molecular weight excluding hydrogens is 532 g/mol. The summed E-state index contributed by atoms with van der Waals surface area (Å²) >= 11 is 12.4. The van der Waals surface area contributed by atoms with Gasteiger partial charge < -0.3 is 14.4 Å². The molecule has 1 aliphatic rings. The Bertz CT molecular complexity index is 1100. The molecule has 1 aromatic heterocycles. The molecule has 6 nitrogen and oxygen atoms in total. The zero-order valence-electron chi connectivity index (χ0n) is 21.5. The highest BCUT2D eigenvalue weighted by Gasteiger charge is 2.30. The van der Waals surface area contributed by atoms with Crippen LogP contribution >= 0.6 is 23.2 Å². The Morgan fingerprint density at radius 2 is 1.89 bits per heavy atom. The number of hydrogen-bond donors (Lipinski definition) is 0. The Kier molecular flexibility index (Phi) is 10.8. The van der Waals surface area contributed by atoms with E-state index in [1.54, 1.807) is 12.2 Å². The molecule has 198 valence electrons. The first kappa shape index (κ1) is 29.5. The average molecular weight is 565 g/mol. The Balaban J connectivity index is 1.76. The van der Waals surface area contributed by atoms with Crippen LogP contribution in [0.5, 0.6) is 0 Å². The van der Waals surface area contributed by atoms with Crippen molar-refractivity contribution in [2.24, 2.45) is 0 Å². The van der Waals surface area contributed by atoms with Gasteiger partial charge in [-0.1, -0.05) is 80.0 Å². The number of hydrogen-bond acceptors (Lipinski definition) is 5. The summed E-state index contributed by atoms with van der Waals surface area (Å²) in [6.07, 6.45) is 4.15. The molecule has 0 spiro atoms. The molecule has 1 aliphatic carbocycles. The van der Waals surface area contributed by atoms with Gasteiger partial charge in [0, 0.05) is 21.8 Å². The van der Waals surface area contributed by atoms with Crippen molar-refractivity contribution < 1.29 is 18.7 Å². The predicted octanol–water partition coefficient (Wildman–Crippen LogP) is 6.35. The second kappa shape index (κ2) is 13.6. The zero-order chi connectivity index (χ0) is 27.0. The average Bonchev–Trinajstić information content (AvgIpc) is 2.87. The minimum Gasteiger partial charge on any atom is -0.377 e. The number of allylic oxidation sites excluding steroid dienone is 1. The molecule has 0 bridgehead atoms. The quantitative estimate of drug-likeness (QED) is 0.222. The Labute approximate surface area is 230 Å². The lowest BCUT2D eigenvalue weighted by molar-refractivity contribution is 0.0270. The van der Waals surface area contributed by atoms with E-state index in [2.05, 4.69) is 30.4 Å². The lowest BCUT2D eigenvalue weighted by Gasteiger charge is -2.31. The number of alkyl halides is 1. The van der Waals surface area contributed by atoms with Crippen LogP contribution < -0.4 is 0 Å². The molecule has 2 aromatic rings. The number of carbonyl (C=O) groups excluding carboxylic acids is 1. The first-order valence-electron chi connectivity index (χ1n) is 12.1. The van der Waals surface area contributed by atoms with Crippen molar-refractivity contribution in [3.63, 3.8) is 0 Å². The maximum atomic E-state index is 15.2. The number of rotatable bonds is 12. The van der Waals surface area contributed by atoms with Crippen molar-refractivity contribution in [2.45, 2.75) is 63.8 Å². The molecule has 10 heteroatoms. The summed E-state index contributed by atoms with van der Waals surface area (Å²) in [5, 5.41) is 0.0358. The minimum atomic E-state index is -1.46. The molecule has 2 unspecified atom stereocenters. The van der Waals surface area contributed by atoms with Gasteiger partial charge in [-0.2, -0.15) is 0 Å². The van der Waals surface area contributed by atoms with E-state index in [0.717, 1.165) is 21.5 Å². The molecule has 0 saturated carbocycles. The molecule has 2 radical (unpaired) electrons. The number of carbonyl (C=O) groups is 1. The molecule has 3 atom stereocenters. The maximum Gasteiger partial charge on any atom is 0.264 e. The summed E-state index contributed by atoms with van der Waals surface area (Å²) < 4.78 is 27.0. The summed E-state index contributed by atoms with van der Waals surface area (Å²) in [6.45, 7) is 9.42. The van der Waals surface area contributed by atoms with Gasteiger partial charge in [0.05, 0.1) is 19.3 Å². The standard InChI is InChI=1S/C27H32Cl2FN3O3Si/c1-18(35-13-12-27(2,3)37-4)15-33(26(34)23-24(28)31-17-32-25(23)29)20-10-11-22(21(30)14-20)36-16-19-8-6-5-7-9-19/h5-11,14,17-18,21-22H,12-13,15-16H2,1-4H3/t18-,21?,22?/m1/s1. The van der Waals surface area contributed by atoms with Crippen molar-refractivity contribution in [2.75, 3.05) is 13.2 Å². The van der Waals surface area contributed by atoms with E-state index in [0.29, 0.717) is 12.3 Å². The van der Waals surface area contributed by atoms with Crippen LogP contribution in [0.2, 0.25) is 21.9 Å². The van der Waals surface area contributed by atoms with E-state index in [-0.39, 0.29) is 40.2 Å². The monoisotopic (exact) mass is 563 g/mol. The van der Waals surface area contributed by atoms with Crippen LogP contribution in [-0.2, 0) is 16.1 Å². The van der Waals surface area contributed by atoms with Gasteiger partial charge in [-0.25, -0.2) is 14.4 Å². The van der Waals surface area contributed by atoms with E-state index in [4.69, 9.17) is 32.7 Å². The smallest absolute Gasteiger partial charge is 0.264 e. The fourth-order valence-electron chi connectivity index (χ4n) is 3.62. The SMILES string of the molecule is C[Si]C(C)(C)CCO[C@H](C)CN(C(=O)c1c(Cl)ncnc1Cl)C1=CC(F)C(OCc2ccccc2)C=C1. The third-order valence-electron chi connectivity index (χ3n) is 6.16. The van der Waals surface area contributed by atoms with Gasteiger partial charge in [0.25, 0.3) is 5.91 Å². The number of aromatic nitrogens is 2. The molecule has 1 aromatic carbocycles. The van der Waals surface area contributed by atoms with Crippen molar-refractivity contribution in [3.8, 4) is 0 Å². The predicted molar refractivity (Wildman–Crippen MR) is 146 cm³/mol. The van der Waals surface area contributed by atoms with Crippen molar-refractivity contribution >= 4 is 38.6 Å². The molecule has 3 rings (SSSR count). The van der Waals surface area contributed by atoms with E-state index in [9.17, 15) is 4.79 Å². The number of halogens is 3. The minimum absolute atomic E-state index is 0.0430. The van der Waals surface area contributed by atoms with E-state index in [1.165, 1.54) is 17.3 Å². The summed E-state index contributed by atoms with van der Waals surface area (Å²) in [4.78, 5) is 22.8. The fourth-order valence-corrected chi connectivity index (χ4v) is 4.45. The zero-order valence-corrected chi connectivity index (χ0v) is 24.0. The van der Waals surface area contributed by atoms with Gasteiger partial charge in [-0.3, -0.25) is 4.79 Å². The van der Waals surface area contributed by atoms with E-state index >= 15 is 4.39 Å². The lowest BCUT2D eigenvalue weighted by atomic mass is 10.1. The van der Waals surface area contributed by atoms with E-state index in [1.807, 2.05) is 37.3 Å². The Morgan fingerprint density at radius 1 is 1.22 bits per heavy atom. The highest BCUT2D eigenvalue weighted by molar-refractivity contribution is 6.38. The first-order valence-corrected chi connectivity index (χ1v) is 14.3. The van der Waals surface area contributed by atoms with E-state index < -0.39 is 18.2 Å². The van der Waals surface area contributed by atoms with Gasteiger partial charge >= 0.3 is 0 Å². The van der Waals surface area contributed by atoms with Gasteiger partial charge in [0.1, 0.15) is 28.3 Å². The molecule has 0 aliphatic heterocycles. The lowest BCUT2D eigenvalue weighted by Crippen LogP contribution is -2.39. The second-order valence-corrected chi connectivity index (χ2v) is 12.0.